The number of carbonyl (C=O) groups excluding carboxylic acids is 1. The van der Waals surface area contributed by atoms with Gasteiger partial charge in [0.15, 0.2) is 0 Å². The lowest BCUT2D eigenvalue weighted by molar-refractivity contribution is -0.0236. The Morgan fingerprint density at radius 3 is 2.38 bits per heavy atom. The van der Waals surface area contributed by atoms with Crippen LogP contribution in [-0.2, 0) is 11.2 Å². The number of carbonyl (C=O) groups is 1. The van der Waals surface area contributed by atoms with Crippen LogP contribution in [-0.4, -0.2) is 47.3 Å². The molecule has 5 atom stereocenters. The Morgan fingerprint density at radius 2 is 1.69 bits per heavy atom. The lowest BCUT2D eigenvalue weighted by atomic mass is 9.83. The van der Waals surface area contributed by atoms with Crippen molar-refractivity contribution in [1.82, 2.24) is 4.90 Å². The van der Waals surface area contributed by atoms with Crippen LogP contribution in [0.3, 0.4) is 0 Å². The van der Waals surface area contributed by atoms with Gasteiger partial charge in [-0.3, -0.25) is 4.90 Å². The van der Waals surface area contributed by atoms with E-state index in [4.69, 9.17) is 4.74 Å². The van der Waals surface area contributed by atoms with Crippen molar-refractivity contribution < 1.29 is 14.6 Å². The molecule has 0 aromatic heterocycles. The number of piperidine rings is 1. The molecule has 2 aliphatic heterocycles. The van der Waals surface area contributed by atoms with Gasteiger partial charge in [-0.25, -0.2) is 4.79 Å². The average Bonchev–Trinajstić information content (AvgIpc) is 2.88. The van der Waals surface area contributed by atoms with Gasteiger partial charge in [0.2, 0.25) is 0 Å². The summed E-state index contributed by atoms with van der Waals surface area (Å²) in [4.78, 5) is 14.8. The maximum atomic E-state index is 12.4. The van der Waals surface area contributed by atoms with E-state index in [9.17, 15) is 9.90 Å². The molecule has 0 saturated carbocycles. The Kier molecular flexibility index (Phi) is 4.79. The van der Waals surface area contributed by atoms with Crippen molar-refractivity contribution in [1.29, 1.82) is 0 Å². The van der Waals surface area contributed by atoms with Gasteiger partial charge in [0.1, 0.15) is 6.10 Å². The molecule has 5 unspecified atom stereocenters. The average molecular weight is 351 g/mol. The Morgan fingerprint density at radius 1 is 1.04 bits per heavy atom. The van der Waals surface area contributed by atoms with Crippen molar-refractivity contribution >= 4 is 5.97 Å². The number of hydrogen-bond acceptors (Lipinski definition) is 4. The highest BCUT2D eigenvalue weighted by Crippen LogP contribution is 2.41. The summed E-state index contributed by atoms with van der Waals surface area (Å²) in [5.41, 5.74) is 1.83. The molecular formula is C22H25NO3. The number of esters is 1. The van der Waals surface area contributed by atoms with Crippen molar-refractivity contribution in [3.63, 3.8) is 0 Å². The fourth-order valence-electron chi connectivity index (χ4n) is 4.61. The number of benzene rings is 2. The number of likely N-dealkylation sites (N-methyl/N-ethyl adjacent to an activating group) is 1. The van der Waals surface area contributed by atoms with Gasteiger partial charge < -0.3 is 9.84 Å². The maximum absolute atomic E-state index is 12.4. The highest BCUT2D eigenvalue weighted by Gasteiger charge is 2.51. The molecule has 0 amide bonds. The fraction of sp³-hybridized carbons (Fsp3) is 0.409. The number of rotatable bonds is 4. The molecule has 2 fully saturated rings. The summed E-state index contributed by atoms with van der Waals surface area (Å²) in [6.45, 7) is 0. The summed E-state index contributed by atoms with van der Waals surface area (Å²) in [7, 11) is 2.09. The molecule has 2 bridgehead atoms. The molecule has 2 aromatic carbocycles. The van der Waals surface area contributed by atoms with Gasteiger partial charge in [-0.05, 0) is 37.6 Å². The summed E-state index contributed by atoms with van der Waals surface area (Å²) in [6, 6.07) is 19.8. The SMILES string of the molecule is CN1C2CC(O)C(Cc3ccccc3)C1CC2OC(=O)c1ccccc1. The van der Waals surface area contributed by atoms with Gasteiger partial charge in [-0.15, -0.1) is 0 Å². The van der Waals surface area contributed by atoms with Crippen LogP contribution < -0.4 is 0 Å². The normalized spacial score (nSPS) is 30.9. The monoisotopic (exact) mass is 351 g/mol. The minimum Gasteiger partial charge on any atom is -0.457 e. The molecule has 4 rings (SSSR count). The lowest BCUT2D eigenvalue weighted by Gasteiger charge is -2.41. The Labute approximate surface area is 154 Å². The number of hydrogen-bond donors (Lipinski definition) is 1. The van der Waals surface area contributed by atoms with Crippen molar-refractivity contribution in [3.8, 4) is 0 Å². The highest BCUT2D eigenvalue weighted by molar-refractivity contribution is 5.89. The Balaban J connectivity index is 1.48. The zero-order valence-electron chi connectivity index (χ0n) is 15.0. The van der Waals surface area contributed by atoms with E-state index in [0.29, 0.717) is 12.0 Å². The molecule has 4 heteroatoms. The largest absolute Gasteiger partial charge is 0.457 e. The molecule has 0 spiro atoms. The number of nitrogens with zero attached hydrogens (tertiary/aromatic N) is 1. The second-order valence-electron chi connectivity index (χ2n) is 7.50. The summed E-state index contributed by atoms with van der Waals surface area (Å²) in [5.74, 6) is -0.107. The second kappa shape index (κ2) is 7.22. The summed E-state index contributed by atoms with van der Waals surface area (Å²) in [5, 5.41) is 10.7. The molecule has 0 aliphatic carbocycles. The van der Waals surface area contributed by atoms with Gasteiger partial charge in [-0.1, -0.05) is 48.5 Å². The van der Waals surface area contributed by atoms with Crippen LogP contribution >= 0.6 is 0 Å². The first-order valence-corrected chi connectivity index (χ1v) is 9.33. The molecule has 0 radical (unpaired) electrons. The van der Waals surface area contributed by atoms with Gasteiger partial charge in [0.05, 0.1) is 11.7 Å². The van der Waals surface area contributed by atoms with Crippen LogP contribution in [0.25, 0.3) is 0 Å². The minimum atomic E-state index is -0.359. The van der Waals surface area contributed by atoms with Crippen LogP contribution in [0.5, 0.6) is 0 Å². The topological polar surface area (TPSA) is 49.8 Å². The molecule has 2 heterocycles. The molecule has 136 valence electrons. The molecule has 2 aliphatic rings. The van der Waals surface area contributed by atoms with Crippen molar-refractivity contribution in [2.75, 3.05) is 7.05 Å². The Bertz CT molecular complexity index is 748. The number of aliphatic hydroxyl groups is 1. The first-order valence-electron chi connectivity index (χ1n) is 9.33. The summed E-state index contributed by atoms with van der Waals surface area (Å²) >= 11 is 0. The number of aliphatic hydroxyl groups excluding tert-OH is 1. The number of ether oxygens (including phenoxy) is 1. The van der Waals surface area contributed by atoms with E-state index in [1.54, 1.807) is 12.1 Å². The second-order valence-corrected chi connectivity index (χ2v) is 7.50. The standard InChI is InChI=1S/C22H25NO3/c1-23-18-14-21(26-22(25)16-10-6-3-7-11-16)19(23)13-20(24)17(18)12-15-8-4-2-5-9-15/h2-11,17-21,24H,12-14H2,1H3. The Hall–Kier alpha value is -2.17. The smallest absolute Gasteiger partial charge is 0.338 e. The quantitative estimate of drug-likeness (QED) is 0.861. The molecule has 4 nitrogen and oxygen atoms in total. The van der Waals surface area contributed by atoms with Crippen molar-refractivity contribution in [3.05, 3.63) is 71.8 Å². The van der Waals surface area contributed by atoms with Crippen LogP contribution in [0, 0.1) is 5.92 Å². The zero-order chi connectivity index (χ0) is 18.1. The van der Waals surface area contributed by atoms with Crippen LogP contribution in [0.15, 0.2) is 60.7 Å². The molecule has 1 N–H and O–H groups in total. The number of fused-ring (bicyclic) bond motifs is 2. The summed E-state index contributed by atoms with van der Waals surface area (Å²) in [6.07, 6.45) is 1.77. The van der Waals surface area contributed by atoms with Crippen LogP contribution in [0.2, 0.25) is 0 Å². The molecular weight excluding hydrogens is 326 g/mol. The lowest BCUT2D eigenvalue weighted by Crippen LogP contribution is -2.51. The predicted molar refractivity (Wildman–Crippen MR) is 99.9 cm³/mol. The maximum Gasteiger partial charge on any atom is 0.338 e. The van der Waals surface area contributed by atoms with Crippen LogP contribution in [0.1, 0.15) is 28.8 Å². The first-order chi connectivity index (χ1) is 12.6. The van der Waals surface area contributed by atoms with Gasteiger partial charge in [-0.2, -0.15) is 0 Å². The van der Waals surface area contributed by atoms with E-state index in [0.717, 1.165) is 12.8 Å². The van der Waals surface area contributed by atoms with E-state index >= 15 is 0 Å². The third-order valence-corrected chi connectivity index (χ3v) is 6.00. The molecule has 2 aromatic rings. The zero-order valence-corrected chi connectivity index (χ0v) is 15.0. The van der Waals surface area contributed by atoms with E-state index in [1.165, 1.54) is 5.56 Å². The first kappa shape index (κ1) is 17.3. The summed E-state index contributed by atoms with van der Waals surface area (Å²) < 4.78 is 5.84. The van der Waals surface area contributed by atoms with Gasteiger partial charge in [0, 0.05) is 24.4 Å². The van der Waals surface area contributed by atoms with Gasteiger partial charge >= 0.3 is 5.97 Å². The van der Waals surface area contributed by atoms with E-state index in [1.807, 2.05) is 36.4 Å². The molecule has 26 heavy (non-hydrogen) atoms. The van der Waals surface area contributed by atoms with E-state index in [2.05, 4.69) is 24.1 Å². The van der Waals surface area contributed by atoms with Crippen molar-refractivity contribution in [2.24, 2.45) is 5.92 Å². The third kappa shape index (κ3) is 3.27. The predicted octanol–water partition coefficient (Wildman–Crippen LogP) is 2.91. The third-order valence-electron chi connectivity index (χ3n) is 6.00. The fourth-order valence-corrected chi connectivity index (χ4v) is 4.61. The van der Waals surface area contributed by atoms with Crippen molar-refractivity contribution in [2.45, 2.75) is 43.6 Å². The van der Waals surface area contributed by atoms with Crippen LogP contribution in [0.4, 0.5) is 0 Å². The van der Waals surface area contributed by atoms with E-state index in [-0.39, 0.29) is 36.2 Å². The highest BCUT2D eigenvalue weighted by atomic mass is 16.5. The molecule has 2 saturated heterocycles. The van der Waals surface area contributed by atoms with Gasteiger partial charge in [0.25, 0.3) is 0 Å². The van der Waals surface area contributed by atoms with E-state index < -0.39 is 0 Å². The minimum absolute atomic E-state index is 0.0923.